The summed E-state index contributed by atoms with van der Waals surface area (Å²) in [5.41, 5.74) is 1.05. The molecule has 8 heteroatoms. The number of ether oxygens (including phenoxy) is 1. The molecule has 0 bridgehead atoms. The fourth-order valence-electron chi connectivity index (χ4n) is 3.59. The number of amides is 1. The zero-order chi connectivity index (χ0) is 22.6. The number of nitrogens with zero attached hydrogens (tertiary/aromatic N) is 1. The molecule has 6 nitrogen and oxygen atoms in total. The van der Waals surface area contributed by atoms with Crippen LogP contribution in [0.25, 0.3) is 0 Å². The maximum absolute atomic E-state index is 13.0. The highest BCUT2D eigenvalue weighted by molar-refractivity contribution is 7.89. The summed E-state index contributed by atoms with van der Waals surface area (Å²) in [6.45, 7) is 7.46. The number of sulfonamides is 1. The second kappa shape index (κ2) is 10.0. The number of halogens is 1. The minimum Gasteiger partial charge on any atom is -0.494 e. The summed E-state index contributed by atoms with van der Waals surface area (Å²) in [5, 5.41) is 3.11. The zero-order valence-electron chi connectivity index (χ0n) is 18.1. The van der Waals surface area contributed by atoms with Gasteiger partial charge in [0.15, 0.2) is 0 Å². The smallest absolute Gasteiger partial charge is 0.253 e. The van der Waals surface area contributed by atoms with Gasteiger partial charge >= 0.3 is 0 Å². The molecule has 0 spiro atoms. The minimum absolute atomic E-state index is 0.0883. The van der Waals surface area contributed by atoms with Crippen molar-refractivity contribution in [1.29, 1.82) is 0 Å². The zero-order valence-corrected chi connectivity index (χ0v) is 19.7. The number of piperidine rings is 1. The van der Waals surface area contributed by atoms with Gasteiger partial charge in [0.2, 0.25) is 10.0 Å². The SMILES string of the molecule is CCOc1ccc([C@H](C)NC(=O)c2cc(S(=O)(=O)N3CCC(C)CC3)ccc2Cl)cc1. The Morgan fingerprint density at radius 1 is 1.19 bits per heavy atom. The summed E-state index contributed by atoms with van der Waals surface area (Å²) in [7, 11) is -3.67. The van der Waals surface area contributed by atoms with Crippen LogP contribution < -0.4 is 10.1 Å². The van der Waals surface area contributed by atoms with Crippen molar-refractivity contribution >= 4 is 27.5 Å². The van der Waals surface area contributed by atoms with Gasteiger partial charge in [-0.15, -0.1) is 0 Å². The van der Waals surface area contributed by atoms with Gasteiger partial charge in [-0.1, -0.05) is 30.7 Å². The summed E-state index contributed by atoms with van der Waals surface area (Å²) in [6, 6.07) is 11.5. The van der Waals surface area contributed by atoms with Crippen molar-refractivity contribution in [2.24, 2.45) is 5.92 Å². The number of nitrogens with one attached hydrogen (secondary N) is 1. The first-order chi connectivity index (χ1) is 14.7. The predicted molar refractivity (Wildman–Crippen MR) is 122 cm³/mol. The quantitative estimate of drug-likeness (QED) is 0.647. The van der Waals surface area contributed by atoms with Gasteiger partial charge in [-0.2, -0.15) is 4.31 Å². The van der Waals surface area contributed by atoms with Crippen molar-refractivity contribution in [1.82, 2.24) is 9.62 Å². The molecule has 31 heavy (non-hydrogen) atoms. The van der Waals surface area contributed by atoms with Crippen molar-refractivity contribution in [2.75, 3.05) is 19.7 Å². The van der Waals surface area contributed by atoms with Crippen LogP contribution in [0.1, 0.15) is 55.6 Å². The molecule has 1 fully saturated rings. The summed E-state index contributed by atoms with van der Waals surface area (Å²) in [5.74, 6) is 0.857. The molecule has 3 rings (SSSR count). The summed E-state index contributed by atoms with van der Waals surface area (Å²) in [6.07, 6.45) is 1.67. The van der Waals surface area contributed by atoms with E-state index in [-0.39, 0.29) is 21.5 Å². The van der Waals surface area contributed by atoms with Crippen LogP contribution in [0.4, 0.5) is 0 Å². The molecule has 1 aliphatic heterocycles. The van der Waals surface area contributed by atoms with Crippen LogP contribution in [0, 0.1) is 5.92 Å². The number of hydrogen-bond acceptors (Lipinski definition) is 4. The van der Waals surface area contributed by atoms with Gasteiger partial charge in [0.05, 0.1) is 28.1 Å². The Bertz CT molecular complexity index is 1020. The predicted octanol–water partition coefficient (Wildman–Crippen LogP) is 4.65. The van der Waals surface area contributed by atoms with Crippen molar-refractivity contribution in [2.45, 2.75) is 44.6 Å². The Hall–Kier alpha value is -2.09. The summed E-state index contributed by atoms with van der Waals surface area (Å²) in [4.78, 5) is 13.0. The van der Waals surface area contributed by atoms with E-state index in [2.05, 4.69) is 12.2 Å². The van der Waals surface area contributed by atoms with Gasteiger partial charge in [0.1, 0.15) is 5.75 Å². The molecule has 0 aromatic heterocycles. The normalized spacial score (nSPS) is 16.6. The van der Waals surface area contributed by atoms with Gasteiger partial charge in [-0.05, 0) is 68.5 Å². The average molecular weight is 465 g/mol. The van der Waals surface area contributed by atoms with Crippen LogP contribution in [0.2, 0.25) is 5.02 Å². The lowest BCUT2D eigenvalue weighted by Gasteiger charge is -2.29. The molecule has 1 aliphatic rings. The molecule has 0 saturated carbocycles. The van der Waals surface area contributed by atoms with Gasteiger partial charge in [0.25, 0.3) is 5.91 Å². The fraction of sp³-hybridized carbons (Fsp3) is 0.435. The van der Waals surface area contributed by atoms with Gasteiger partial charge in [-0.3, -0.25) is 4.79 Å². The van der Waals surface area contributed by atoms with Gasteiger partial charge < -0.3 is 10.1 Å². The molecule has 0 aliphatic carbocycles. The Morgan fingerprint density at radius 3 is 2.45 bits per heavy atom. The number of rotatable bonds is 7. The highest BCUT2D eigenvalue weighted by Crippen LogP contribution is 2.27. The van der Waals surface area contributed by atoms with Crippen LogP contribution >= 0.6 is 11.6 Å². The van der Waals surface area contributed by atoms with Crippen molar-refractivity contribution in [3.8, 4) is 5.75 Å². The second-order valence-electron chi connectivity index (χ2n) is 7.93. The topological polar surface area (TPSA) is 75.7 Å². The molecule has 0 radical (unpaired) electrons. The number of hydrogen-bond donors (Lipinski definition) is 1. The third-order valence-corrected chi connectivity index (χ3v) is 7.83. The van der Waals surface area contributed by atoms with E-state index in [4.69, 9.17) is 16.3 Å². The first-order valence-corrected chi connectivity index (χ1v) is 12.4. The van der Waals surface area contributed by atoms with Crippen LogP contribution in [0.3, 0.4) is 0 Å². The number of carbonyl (C=O) groups is 1. The molecule has 2 aromatic carbocycles. The fourth-order valence-corrected chi connectivity index (χ4v) is 5.29. The third kappa shape index (κ3) is 5.59. The maximum atomic E-state index is 13.0. The number of carbonyl (C=O) groups excluding carboxylic acids is 1. The van der Waals surface area contributed by atoms with E-state index in [1.54, 1.807) is 0 Å². The number of benzene rings is 2. The van der Waals surface area contributed by atoms with E-state index >= 15 is 0 Å². The summed E-state index contributed by atoms with van der Waals surface area (Å²) >= 11 is 6.25. The Morgan fingerprint density at radius 2 is 1.84 bits per heavy atom. The third-order valence-electron chi connectivity index (χ3n) is 5.60. The monoisotopic (exact) mass is 464 g/mol. The average Bonchev–Trinajstić information content (AvgIpc) is 2.75. The molecule has 168 valence electrons. The molecule has 2 aromatic rings. The molecule has 0 unspecified atom stereocenters. The maximum Gasteiger partial charge on any atom is 0.253 e. The Kier molecular flexibility index (Phi) is 7.62. The van der Waals surface area contributed by atoms with E-state index in [1.165, 1.54) is 22.5 Å². The van der Waals surface area contributed by atoms with E-state index in [0.29, 0.717) is 25.6 Å². The van der Waals surface area contributed by atoms with Crippen LogP contribution in [-0.2, 0) is 10.0 Å². The van der Waals surface area contributed by atoms with E-state index in [0.717, 1.165) is 24.2 Å². The van der Waals surface area contributed by atoms with Gasteiger partial charge in [0, 0.05) is 13.1 Å². The molecule has 1 saturated heterocycles. The minimum atomic E-state index is -3.67. The Labute approximate surface area is 189 Å². The molecule has 1 amide bonds. The Balaban J connectivity index is 1.76. The molecule has 1 atom stereocenters. The van der Waals surface area contributed by atoms with Crippen LogP contribution in [-0.4, -0.2) is 38.3 Å². The van der Waals surface area contributed by atoms with Crippen molar-refractivity contribution in [3.63, 3.8) is 0 Å². The molecular weight excluding hydrogens is 436 g/mol. The first-order valence-electron chi connectivity index (χ1n) is 10.6. The van der Waals surface area contributed by atoms with E-state index in [1.807, 2.05) is 38.1 Å². The van der Waals surface area contributed by atoms with Crippen molar-refractivity contribution in [3.05, 3.63) is 58.6 Å². The molecule has 1 N–H and O–H groups in total. The summed E-state index contributed by atoms with van der Waals surface area (Å²) < 4.78 is 33.0. The van der Waals surface area contributed by atoms with Crippen molar-refractivity contribution < 1.29 is 17.9 Å². The van der Waals surface area contributed by atoms with E-state index in [9.17, 15) is 13.2 Å². The first kappa shape index (κ1) is 23.6. The highest BCUT2D eigenvalue weighted by Gasteiger charge is 2.29. The van der Waals surface area contributed by atoms with Gasteiger partial charge in [-0.25, -0.2) is 8.42 Å². The molecular formula is C23H29ClN2O4S. The lowest BCUT2D eigenvalue weighted by Crippen LogP contribution is -2.38. The second-order valence-corrected chi connectivity index (χ2v) is 10.3. The molecule has 1 heterocycles. The van der Waals surface area contributed by atoms with E-state index < -0.39 is 15.9 Å². The lowest BCUT2D eigenvalue weighted by molar-refractivity contribution is 0.0940. The highest BCUT2D eigenvalue weighted by atomic mass is 35.5. The van der Waals surface area contributed by atoms with Crippen LogP contribution in [0.5, 0.6) is 5.75 Å². The largest absolute Gasteiger partial charge is 0.494 e. The standard InChI is InChI=1S/C23H29ClN2O4S/c1-4-30-19-7-5-18(6-8-19)17(3)25-23(27)21-15-20(9-10-22(21)24)31(28,29)26-13-11-16(2)12-14-26/h5-10,15-17H,4,11-14H2,1-3H3,(H,25,27)/t17-/m0/s1. The lowest BCUT2D eigenvalue weighted by atomic mass is 10.0. The van der Waals surface area contributed by atoms with Crippen LogP contribution in [0.15, 0.2) is 47.4 Å².